The number of carbonyl (C=O) groups excluding carboxylic acids is 2. The number of carbonyl (C=O) groups is 2. The van der Waals surface area contributed by atoms with E-state index >= 15 is 0 Å². The Hall–Kier alpha value is -3.50. The van der Waals surface area contributed by atoms with Crippen molar-refractivity contribution in [2.75, 3.05) is 5.32 Å². The second-order valence-electron chi connectivity index (χ2n) is 6.40. The molecule has 0 heterocycles. The van der Waals surface area contributed by atoms with Crippen molar-refractivity contribution in [3.05, 3.63) is 87.7 Å². The zero-order valence-corrected chi connectivity index (χ0v) is 17.8. The molecule has 0 bridgehead atoms. The van der Waals surface area contributed by atoms with Crippen molar-refractivity contribution in [2.45, 2.75) is 6.18 Å². The summed E-state index contributed by atoms with van der Waals surface area (Å²) in [5.41, 5.74) is 3.07. The summed E-state index contributed by atoms with van der Waals surface area (Å²) in [5, 5.41) is 2.03. The van der Waals surface area contributed by atoms with E-state index in [0.29, 0.717) is 6.07 Å². The highest BCUT2D eigenvalue weighted by molar-refractivity contribution is 6.33. The normalized spacial score (nSPS) is 11.0. The number of anilines is 1. The first kappa shape index (κ1) is 24.1. The van der Waals surface area contributed by atoms with Crippen LogP contribution in [0.2, 0.25) is 10.0 Å². The number of ether oxygens (including phenoxy) is 1. The number of hydrogen-bond donors (Lipinski definition) is 3. The summed E-state index contributed by atoms with van der Waals surface area (Å²) in [6.45, 7) is 0. The molecule has 0 fully saturated rings. The van der Waals surface area contributed by atoms with E-state index in [2.05, 4.69) is 10.7 Å². The Morgan fingerprint density at radius 3 is 2.24 bits per heavy atom. The van der Waals surface area contributed by atoms with Gasteiger partial charge in [-0.05, 0) is 42.5 Å². The Morgan fingerprint density at radius 2 is 1.61 bits per heavy atom. The van der Waals surface area contributed by atoms with Crippen molar-refractivity contribution in [1.29, 1.82) is 0 Å². The average molecular weight is 502 g/mol. The highest BCUT2D eigenvalue weighted by atomic mass is 35.5. The minimum absolute atomic E-state index is 0.0767. The van der Waals surface area contributed by atoms with Gasteiger partial charge in [0.2, 0.25) is 0 Å². The van der Waals surface area contributed by atoms with Crippen molar-refractivity contribution in [1.82, 2.24) is 10.9 Å². The van der Waals surface area contributed by atoms with Crippen LogP contribution in [0.3, 0.4) is 0 Å². The second kappa shape index (κ2) is 9.97. The van der Waals surface area contributed by atoms with Crippen LogP contribution in [0.5, 0.6) is 11.5 Å². The van der Waals surface area contributed by atoms with Crippen molar-refractivity contribution < 1.29 is 31.9 Å². The van der Waals surface area contributed by atoms with Crippen LogP contribution in [0.4, 0.5) is 28.0 Å². The summed E-state index contributed by atoms with van der Waals surface area (Å²) in [4.78, 5) is 24.0. The van der Waals surface area contributed by atoms with Crippen molar-refractivity contribution in [3.63, 3.8) is 0 Å². The van der Waals surface area contributed by atoms with Gasteiger partial charge in [-0.1, -0.05) is 35.3 Å². The van der Waals surface area contributed by atoms with Crippen LogP contribution in [-0.4, -0.2) is 11.9 Å². The average Bonchev–Trinajstić information content (AvgIpc) is 2.75. The van der Waals surface area contributed by atoms with Crippen LogP contribution in [0.1, 0.15) is 15.9 Å². The van der Waals surface area contributed by atoms with E-state index in [9.17, 15) is 27.2 Å². The van der Waals surface area contributed by atoms with E-state index in [1.54, 1.807) is 12.1 Å². The molecule has 0 saturated heterocycles. The van der Waals surface area contributed by atoms with Crippen LogP contribution in [0.15, 0.2) is 60.7 Å². The molecule has 0 aromatic heterocycles. The van der Waals surface area contributed by atoms with Crippen LogP contribution in [0.25, 0.3) is 0 Å². The molecular weight excluding hydrogens is 489 g/mol. The molecule has 6 nitrogen and oxygen atoms in total. The first-order valence-corrected chi connectivity index (χ1v) is 9.76. The molecule has 3 aromatic rings. The lowest BCUT2D eigenvalue weighted by molar-refractivity contribution is -0.137. The summed E-state index contributed by atoms with van der Waals surface area (Å²) in [7, 11) is 0. The second-order valence-corrected chi connectivity index (χ2v) is 7.21. The minimum atomic E-state index is -4.57. The molecule has 3 aromatic carbocycles. The zero-order valence-electron chi connectivity index (χ0n) is 16.3. The summed E-state index contributed by atoms with van der Waals surface area (Å²) in [6, 6.07) is 11.0. The Labute approximate surface area is 194 Å². The Balaban J connectivity index is 1.61. The molecule has 3 rings (SSSR count). The number of alkyl halides is 3. The van der Waals surface area contributed by atoms with Crippen LogP contribution < -0.4 is 20.9 Å². The molecule has 0 atom stereocenters. The molecule has 0 radical (unpaired) electrons. The molecular formula is C21H13Cl2F4N3O3. The third-order valence-electron chi connectivity index (χ3n) is 4.08. The lowest BCUT2D eigenvalue weighted by Gasteiger charge is -2.13. The molecule has 0 aliphatic carbocycles. The lowest BCUT2D eigenvalue weighted by atomic mass is 10.2. The third kappa shape index (κ3) is 6.27. The van der Waals surface area contributed by atoms with E-state index in [0.717, 1.165) is 24.3 Å². The fourth-order valence-corrected chi connectivity index (χ4v) is 2.97. The molecule has 0 aliphatic rings. The molecule has 33 heavy (non-hydrogen) atoms. The number of hydrazine groups is 1. The quantitative estimate of drug-likeness (QED) is 0.285. The molecule has 172 valence electrons. The SMILES string of the molecule is O=C(NNC(=O)c1ccccc1Cl)Nc1ccc(Oc2ccc(C(F)(F)F)cc2Cl)cc1F. The maximum absolute atomic E-state index is 14.3. The predicted octanol–water partition coefficient (Wildman–Crippen LogP) is 6.41. The number of halogens is 6. The summed E-state index contributed by atoms with van der Waals surface area (Å²) in [5.74, 6) is -1.80. The monoisotopic (exact) mass is 501 g/mol. The first-order chi connectivity index (χ1) is 15.5. The smallest absolute Gasteiger partial charge is 0.416 e. The molecule has 0 aliphatic heterocycles. The molecule has 0 spiro atoms. The van der Waals surface area contributed by atoms with E-state index in [4.69, 9.17) is 27.9 Å². The molecule has 0 unspecified atom stereocenters. The zero-order chi connectivity index (χ0) is 24.2. The number of hydrogen-bond acceptors (Lipinski definition) is 3. The van der Waals surface area contributed by atoms with Gasteiger partial charge in [0.05, 0.1) is 26.9 Å². The molecule has 0 saturated carbocycles. The van der Waals surface area contributed by atoms with Crippen LogP contribution >= 0.6 is 23.2 Å². The highest BCUT2D eigenvalue weighted by Gasteiger charge is 2.31. The number of benzene rings is 3. The Morgan fingerprint density at radius 1 is 0.879 bits per heavy atom. The molecule has 3 amide bonds. The van der Waals surface area contributed by atoms with Gasteiger partial charge in [-0.2, -0.15) is 13.2 Å². The lowest BCUT2D eigenvalue weighted by Crippen LogP contribution is -2.44. The molecule has 12 heteroatoms. The van der Waals surface area contributed by atoms with Gasteiger partial charge in [0.15, 0.2) is 0 Å². The Bertz CT molecular complexity index is 1210. The van der Waals surface area contributed by atoms with Crippen LogP contribution in [-0.2, 0) is 6.18 Å². The maximum atomic E-state index is 14.3. The van der Waals surface area contributed by atoms with Gasteiger partial charge in [-0.25, -0.2) is 14.6 Å². The summed E-state index contributed by atoms with van der Waals surface area (Å²) < 4.78 is 57.8. The predicted molar refractivity (Wildman–Crippen MR) is 114 cm³/mol. The minimum Gasteiger partial charge on any atom is -0.456 e. The van der Waals surface area contributed by atoms with E-state index < -0.39 is 29.5 Å². The first-order valence-electron chi connectivity index (χ1n) is 9.00. The van der Waals surface area contributed by atoms with Crippen molar-refractivity contribution >= 4 is 40.8 Å². The standard InChI is InChI=1S/C21H13Cl2F4N3O3/c22-14-4-2-1-3-13(14)19(31)29-30-20(32)28-17-7-6-12(10-16(17)24)33-18-8-5-11(9-15(18)23)21(25,26)27/h1-10H,(H,29,31)(H2,28,30,32). The number of amides is 3. The van der Waals surface area contributed by atoms with Gasteiger partial charge in [-0.3, -0.25) is 10.2 Å². The number of nitrogens with one attached hydrogen (secondary N) is 3. The van der Waals surface area contributed by atoms with Gasteiger partial charge >= 0.3 is 12.2 Å². The van der Waals surface area contributed by atoms with Gasteiger partial charge in [0, 0.05) is 6.07 Å². The number of rotatable bonds is 4. The third-order valence-corrected chi connectivity index (χ3v) is 4.71. The van der Waals surface area contributed by atoms with Crippen molar-refractivity contribution in [2.24, 2.45) is 0 Å². The van der Waals surface area contributed by atoms with Crippen molar-refractivity contribution in [3.8, 4) is 11.5 Å². The fraction of sp³-hybridized carbons (Fsp3) is 0.0476. The van der Waals surface area contributed by atoms with Gasteiger partial charge < -0.3 is 10.1 Å². The fourth-order valence-electron chi connectivity index (χ4n) is 2.53. The van der Waals surface area contributed by atoms with E-state index in [1.165, 1.54) is 18.2 Å². The topological polar surface area (TPSA) is 79.5 Å². The number of urea groups is 1. The van der Waals surface area contributed by atoms with E-state index in [1.807, 2.05) is 5.43 Å². The van der Waals surface area contributed by atoms with Gasteiger partial charge in [0.1, 0.15) is 17.3 Å². The van der Waals surface area contributed by atoms with Gasteiger partial charge in [0.25, 0.3) is 5.91 Å². The summed E-state index contributed by atoms with van der Waals surface area (Å²) >= 11 is 11.7. The Kier molecular flexibility index (Phi) is 7.29. The van der Waals surface area contributed by atoms with Gasteiger partial charge in [-0.15, -0.1) is 0 Å². The summed E-state index contributed by atoms with van der Waals surface area (Å²) in [6.07, 6.45) is -4.57. The van der Waals surface area contributed by atoms with Crippen LogP contribution in [0, 0.1) is 5.82 Å². The largest absolute Gasteiger partial charge is 0.456 e. The maximum Gasteiger partial charge on any atom is 0.416 e. The molecule has 3 N–H and O–H groups in total. The highest BCUT2D eigenvalue weighted by Crippen LogP contribution is 2.36. The van der Waals surface area contributed by atoms with E-state index in [-0.39, 0.29) is 32.8 Å².